The Morgan fingerprint density at radius 1 is 1.07 bits per heavy atom. The van der Waals surface area contributed by atoms with Crippen molar-refractivity contribution in [3.63, 3.8) is 0 Å². The first-order valence-corrected chi connectivity index (χ1v) is 8.75. The molecule has 0 aliphatic carbocycles. The van der Waals surface area contributed by atoms with Crippen LogP contribution in [0.2, 0.25) is 0 Å². The quantitative estimate of drug-likeness (QED) is 0.671. The lowest BCUT2D eigenvalue weighted by Crippen LogP contribution is -2.37. The normalized spacial score (nSPS) is 10.6. The highest BCUT2D eigenvalue weighted by atomic mass is 16.5. The molecule has 140 valence electrons. The number of carbonyl (C=O) groups is 2. The van der Waals surface area contributed by atoms with E-state index < -0.39 is 0 Å². The van der Waals surface area contributed by atoms with Crippen LogP contribution < -0.4 is 15.4 Å². The van der Waals surface area contributed by atoms with Crippen LogP contribution in [0.3, 0.4) is 0 Å². The maximum absolute atomic E-state index is 12.1. The number of fused-ring (bicyclic) bond motifs is 1. The summed E-state index contributed by atoms with van der Waals surface area (Å²) in [7, 11) is 1.56. The van der Waals surface area contributed by atoms with Gasteiger partial charge in [0.15, 0.2) is 0 Å². The first-order chi connectivity index (χ1) is 13.1. The van der Waals surface area contributed by atoms with Crippen LogP contribution >= 0.6 is 0 Å². The van der Waals surface area contributed by atoms with Crippen LogP contribution in [0.4, 0.5) is 0 Å². The second-order valence-electron chi connectivity index (χ2n) is 5.95. The van der Waals surface area contributed by atoms with Gasteiger partial charge in [-0.05, 0) is 43.3 Å². The number of imidazole rings is 1. The third-order valence-corrected chi connectivity index (χ3v) is 4.26. The smallest absolute Gasteiger partial charge is 0.251 e. The molecule has 0 radical (unpaired) electrons. The van der Waals surface area contributed by atoms with Gasteiger partial charge in [0, 0.05) is 12.1 Å². The zero-order valence-electron chi connectivity index (χ0n) is 15.4. The van der Waals surface area contributed by atoms with E-state index in [1.807, 2.05) is 31.2 Å². The van der Waals surface area contributed by atoms with Crippen molar-refractivity contribution in [2.45, 2.75) is 20.0 Å². The molecule has 27 heavy (non-hydrogen) atoms. The van der Waals surface area contributed by atoms with Crippen molar-refractivity contribution in [2.24, 2.45) is 0 Å². The SMILES string of the molecule is CCn1c(CNC(=O)CNC(=O)c2ccc(OC)cc2)nc2ccccc21. The van der Waals surface area contributed by atoms with Gasteiger partial charge in [-0.2, -0.15) is 0 Å². The fourth-order valence-electron chi connectivity index (χ4n) is 2.86. The van der Waals surface area contributed by atoms with E-state index in [1.165, 1.54) is 0 Å². The van der Waals surface area contributed by atoms with Gasteiger partial charge in [-0.1, -0.05) is 12.1 Å². The monoisotopic (exact) mass is 366 g/mol. The largest absolute Gasteiger partial charge is 0.497 e. The number of para-hydroxylation sites is 2. The molecule has 0 unspecified atom stereocenters. The van der Waals surface area contributed by atoms with Gasteiger partial charge in [-0.15, -0.1) is 0 Å². The van der Waals surface area contributed by atoms with Crippen LogP contribution in [0.1, 0.15) is 23.1 Å². The molecule has 0 fully saturated rings. The Bertz CT molecular complexity index is 948. The third kappa shape index (κ3) is 4.25. The molecule has 0 aliphatic heterocycles. The molecule has 0 atom stereocenters. The number of hydrogen-bond donors (Lipinski definition) is 2. The molecule has 0 saturated carbocycles. The highest BCUT2D eigenvalue weighted by molar-refractivity contribution is 5.96. The second kappa shape index (κ2) is 8.35. The summed E-state index contributed by atoms with van der Waals surface area (Å²) < 4.78 is 7.12. The average Bonchev–Trinajstić information content (AvgIpc) is 3.08. The number of benzene rings is 2. The molecule has 0 spiro atoms. The number of aromatic nitrogens is 2. The minimum atomic E-state index is -0.311. The zero-order chi connectivity index (χ0) is 19.2. The number of hydrogen-bond acceptors (Lipinski definition) is 4. The molecule has 1 heterocycles. The van der Waals surface area contributed by atoms with Crippen molar-refractivity contribution in [1.29, 1.82) is 0 Å². The van der Waals surface area contributed by atoms with Crippen LogP contribution in [0.5, 0.6) is 5.75 Å². The number of nitrogens with one attached hydrogen (secondary N) is 2. The molecule has 7 heteroatoms. The number of rotatable bonds is 7. The molecule has 3 rings (SSSR count). The Balaban J connectivity index is 1.54. The van der Waals surface area contributed by atoms with Gasteiger partial charge in [0.1, 0.15) is 11.6 Å². The summed E-state index contributed by atoms with van der Waals surface area (Å²) in [6, 6.07) is 14.5. The molecule has 0 bridgehead atoms. The van der Waals surface area contributed by atoms with Crippen molar-refractivity contribution in [3.8, 4) is 5.75 Å². The molecule has 3 aromatic rings. The molecule has 2 amide bonds. The van der Waals surface area contributed by atoms with Gasteiger partial charge in [0.2, 0.25) is 5.91 Å². The lowest BCUT2D eigenvalue weighted by Gasteiger charge is -2.09. The minimum Gasteiger partial charge on any atom is -0.497 e. The Morgan fingerprint density at radius 3 is 2.52 bits per heavy atom. The molecule has 7 nitrogen and oxygen atoms in total. The van der Waals surface area contributed by atoms with E-state index in [0.717, 1.165) is 23.4 Å². The molecular formula is C20H22N4O3. The summed E-state index contributed by atoms with van der Waals surface area (Å²) in [6.45, 7) is 3.01. The maximum Gasteiger partial charge on any atom is 0.251 e. The number of ether oxygens (including phenoxy) is 1. The van der Waals surface area contributed by atoms with Gasteiger partial charge in [-0.25, -0.2) is 4.98 Å². The number of aryl methyl sites for hydroxylation is 1. The Kier molecular flexibility index (Phi) is 5.71. The minimum absolute atomic E-state index is 0.1000. The van der Waals surface area contributed by atoms with E-state index in [1.54, 1.807) is 31.4 Å². The van der Waals surface area contributed by atoms with Crippen LogP contribution in [0.25, 0.3) is 11.0 Å². The summed E-state index contributed by atoms with van der Waals surface area (Å²) in [5.41, 5.74) is 2.41. The van der Waals surface area contributed by atoms with Crippen molar-refractivity contribution in [3.05, 3.63) is 59.9 Å². The Labute approximate surface area is 157 Å². The number of methoxy groups -OCH3 is 1. The van der Waals surface area contributed by atoms with Crippen molar-refractivity contribution in [1.82, 2.24) is 20.2 Å². The predicted molar refractivity (Wildman–Crippen MR) is 103 cm³/mol. The number of nitrogens with zero attached hydrogens (tertiary/aromatic N) is 2. The van der Waals surface area contributed by atoms with Crippen molar-refractivity contribution in [2.75, 3.05) is 13.7 Å². The van der Waals surface area contributed by atoms with E-state index in [0.29, 0.717) is 17.9 Å². The van der Waals surface area contributed by atoms with Crippen LogP contribution in [0.15, 0.2) is 48.5 Å². The average molecular weight is 366 g/mol. The summed E-state index contributed by atoms with van der Waals surface area (Å²) in [5.74, 6) is 0.872. The number of carbonyl (C=O) groups excluding carboxylic acids is 2. The predicted octanol–water partition coefficient (Wildman–Crippen LogP) is 2.11. The molecular weight excluding hydrogens is 344 g/mol. The van der Waals surface area contributed by atoms with E-state index >= 15 is 0 Å². The van der Waals surface area contributed by atoms with Gasteiger partial charge in [0.05, 0.1) is 31.2 Å². The molecule has 2 aromatic carbocycles. The molecule has 1 aromatic heterocycles. The van der Waals surface area contributed by atoms with Gasteiger partial charge >= 0.3 is 0 Å². The van der Waals surface area contributed by atoms with Crippen LogP contribution in [-0.2, 0) is 17.9 Å². The summed E-state index contributed by atoms with van der Waals surface area (Å²) in [4.78, 5) is 28.7. The first-order valence-electron chi connectivity index (χ1n) is 8.75. The van der Waals surface area contributed by atoms with E-state index in [-0.39, 0.29) is 18.4 Å². The Hall–Kier alpha value is -3.35. The van der Waals surface area contributed by atoms with Gasteiger partial charge in [0.25, 0.3) is 5.91 Å². The maximum atomic E-state index is 12.1. The lowest BCUT2D eigenvalue weighted by molar-refractivity contribution is -0.120. The zero-order valence-corrected chi connectivity index (χ0v) is 15.4. The fraction of sp³-hybridized carbons (Fsp3) is 0.250. The molecule has 2 N–H and O–H groups in total. The molecule has 0 saturated heterocycles. The third-order valence-electron chi connectivity index (χ3n) is 4.26. The van der Waals surface area contributed by atoms with Crippen molar-refractivity contribution >= 4 is 22.8 Å². The van der Waals surface area contributed by atoms with E-state index in [4.69, 9.17) is 4.74 Å². The lowest BCUT2D eigenvalue weighted by atomic mass is 10.2. The van der Waals surface area contributed by atoms with Crippen LogP contribution in [-0.4, -0.2) is 35.0 Å². The highest BCUT2D eigenvalue weighted by Crippen LogP contribution is 2.15. The van der Waals surface area contributed by atoms with Gasteiger partial charge < -0.3 is 19.9 Å². The molecule has 0 aliphatic rings. The topological polar surface area (TPSA) is 85.2 Å². The fourth-order valence-corrected chi connectivity index (χ4v) is 2.86. The van der Waals surface area contributed by atoms with Crippen molar-refractivity contribution < 1.29 is 14.3 Å². The Morgan fingerprint density at radius 2 is 1.81 bits per heavy atom. The standard InChI is InChI=1S/C20H22N4O3/c1-3-24-17-7-5-4-6-16(17)23-18(24)12-21-19(25)13-22-20(26)14-8-10-15(27-2)11-9-14/h4-11H,3,12-13H2,1-2H3,(H,21,25)(H,22,26). The van der Waals surface area contributed by atoms with Crippen LogP contribution in [0, 0.1) is 0 Å². The summed E-state index contributed by atoms with van der Waals surface area (Å²) >= 11 is 0. The second-order valence-corrected chi connectivity index (χ2v) is 5.95. The summed E-state index contributed by atoms with van der Waals surface area (Å²) in [5, 5.41) is 5.41. The highest BCUT2D eigenvalue weighted by Gasteiger charge is 2.11. The van der Waals surface area contributed by atoms with E-state index in [9.17, 15) is 9.59 Å². The number of amides is 2. The van der Waals surface area contributed by atoms with E-state index in [2.05, 4.69) is 20.2 Å². The van der Waals surface area contributed by atoms with Gasteiger partial charge in [-0.3, -0.25) is 9.59 Å². The first kappa shape index (κ1) is 18.4. The summed E-state index contributed by atoms with van der Waals surface area (Å²) in [6.07, 6.45) is 0.